The second-order valence-electron chi connectivity index (χ2n) is 6.15. The average molecular weight is 343 g/mol. The van der Waals surface area contributed by atoms with Crippen molar-refractivity contribution in [1.29, 1.82) is 0 Å². The van der Waals surface area contributed by atoms with Gasteiger partial charge in [0.05, 0.1) is 12.6 Å². The van der Waals surface area contributed by atoms with Crippen LogP contribution >= 0.6 is 12.2 Å². The third-order valence-corrected chi connectivity index (χ3v) is 3.84. The predicted molar refractivity (Wildman–Crippen MR) is 106 cm³/mol. The molecule has 3 nitrogen and oxygen atoms in total. The molecular weight excluding hydrogens is 316 g/mol. The first-order chi connectivity index (χ1) is 11.6. The molecule has 0 saturated heterocycles. The zero-order valence-electron chi connectivity index (χ0n) is 14.6. The highest BCUT2D eigenvalue weighted by atomic mass is 32.1. The largest absolute Gasteiger partial charge is 0.494 e. The summed E-state index contributed by atoms with van der Waals surface area (Å²) < 4.78 is 5.53. The lowest BCUT2D eigenvalue weighted by Gasteiger charge is -2.23. The molecule has 4 heteroatoms. The van der Waals surface area contributed by atoms with Gasteiger partial charge in [-0.2, -0.15) is 0 Å². The minimum atomic E-state index is 0.196. The maximum atomic E-state index is 5.53. The van der Waals surface area contributed by atoms with E-state index in [1.165, 1.54) is 5.56 Å². The van der Waals surface area contributed by atoms with Crippen LogP contribution in [-0.4, -0.2) is 11.7 Å². The van der Waals surface area contributed by atoms with E-state index in [0.29, 0.717) is 17.6 Å². The van der Waals surface area contributed by atoms with Crippen molar-refractivity contribution in [3.05, 3.63) is 60.2 Å². The van der Waals surface area contributed by atoms with Gasteiger partial charge >= 0.3 is 0 Å². The monoisotopic (exact) mass is 342 g/mol. The number of benzene rings is 2. The molecule has 0 fully saturated rings. The highest BCUT2D eigenvalue weighted by molar-refractivity contribution is 7.80. The fourth-order valence-electron chi connectivity index (χ4n) is 2.59. The summed E-state index contributed by atoms with van der Waals surface area (Å²) in [4.78, 5) is 0. The van der Waals surface area contributed by atoms with Crippen molar-refractivity contribution in [2.45, 2.75) is 33.2 Å². The summed E-state index contributed by atoms with van der Waals surface area (Å²) in [5.41, 5.74) is 2.17. The molecule has 0 unspecified atom stereocenters. The Morgan fingerprint density at radius 1 is 1.08 bits per heavy atom. The molecular formula is C20H26N2OS. The van der Waals surface area contributed by atoms with E-state index >= 15 is 0 Å². The van der Waals surface area contributed by atoms with Crippen LogP contribution in [0, 0.1) is 5.92 Å². The molecule has 0 aromatic heterocycles. The van der Waals surface area contributed by atoms with Gasteiger partial charge in [0.25, 0.3) is 0 Å². The van der Waals surface area contributed by atoms with Gasteiger partial charge in [-0.15, -0.1) is 0 Å². The molecule has 1 atom stereocenters. The van der Waals surface area contributed by atoms with Gasteiger partial charge in [0.15, 0.2) is 5.11 Å². The van der Waals surface area contributed by atoms with E-state index in [1.54, 1.807) is 0 Å². The zero-order valence-corrected chi connectivity index (χ0v) is 15.4. The summed E-state index contributed by atoms with van der Waals surface area (Å²) in [6, 6.07) is 18.5. The Balaban J connectivity index is 2.03. The van der Waals surface area contributed by atoms with Crippen LogP contribution in [0.1, 0.15) is 38.8 Å². The fraction of sp³-hybridized carbons (Fsp3) is 0.350. The normalized spacial score (nSPS) is 11.8. The van der Waals surface area contributed by atoms with Crippen LogP contribution < -0.4 is 15.4 Å². The lowest BCUT2D eigenvalue weighted by atomic mass is 9.97. The minimum absolute atomic E-state index is 0.196. The molecule has 0 heterocycles. The van der Waals surface area contributed by atoms with Gasteiger partial charge in [-0.05, 0) is 49.2 Å². The van der Waals surface area contributed by atoms with Gasteiger partial charge in [-0.3, -0.25) is 0 Å². The molecule has 2 aromatic carbocycles. The number of ether oxygens (including phenoxy) is 1. The van der Waals surface area contributed by atoms with Crippen LogP contribution in [0.2, 0.25) is 0 Å². The van der Waals surface area contributed by atoms with E-state index < -0.39 is 0 Å². The Hall–Kier alpha value is -2.07. The van der Waals surface area contributed by atoms with E-state index in [1.807, 2.05) is 37.3 Å². The van der Waals surface area contributed by atoms with Crippen LogP contribution in [-0.2, 0) is 0 Å². The molecule has 128 valence electrons. The first kappa shape index (κ1) is 18.3. The summed E-state index contributed by atoms with van der Waals surface area (Å²) >= 11 is 5.51. The van der Waals surface area contributed by atoms with E-state index in [9.17, 15) is 0 Å². The highest BCUT2D eigenvalue weighted by Crippen LogP contribution is 2.22. The molecule has 0 aliphatic heterocycles. The number of hydrogen-bond acceptors (Lipinski definition) is 2. The third kappa shape index (κ3) is 5.85. The smallest absolute Gasteiger partial charge is 0.171 e. The molecule has 24 heavy (non-hydrogen) atoms. The molecule has 2 rings (SSSR count). The summed E-state index contributed by atoms with van der Waals surface area (Å²) in [5.74, 6) is 1.42. The Kier molecular flexibility index (Phi) is 7.07. The van der Waals surface area contributed by atoms with Crippen LogP contribution in [0.15, 0.2) is 54.6 Å². The second kappa shape index (κ2) is 9.28. The van der Waals surface area contributed by atoms with Crippen LogP contribution in [0.25, 0.3) is 0 Å². The van der Waals surface area contributed by atoms with Crippen molar-refractivity contribution in [1.82, 2.24) is 5.32 Å². The molecule has 2 aromatic rings. The van der Waals surface area contributed by atoms with Crippen LogP contribution in [0.5, 0.6) is 5.75 Å². The molecule has 0 amide bonds. The lowest BCUT2D eigenvalue weighted by Crippen LogP contribution is -2.33. The number of nitrogens with one attached hydrogen (secondary N) is 2. The first-order valence-corrected chi connectivity index (χ1v) is 8.84. The summed E-state index contributed by atoms with van der Waals surface area (Å²) in [5, 5.41) is 7.32. The van der Waals surface area contributed by atoms with Crippen molar-refractivity contribution in [2.24, 2.45) is 5.92 Å². The summed E-state index contributed by atoms with van der Waals surface area (Å²) in [7, 11) is 0. The fourth-order valence-corrected chi connectivity index (χ4v) is 2.85. The Labute approximate surface area is 150 Å². The average Bonchev–Trinajstić information content (AvgIpc) is 2.55. The topological polar surface area (TPSA) is 33.3 Å². The minimum Gasteiger partial charge on any atom is -0.494 e. The molecule has 0 radical (unpaired) electrons. The third-order valence-electron chi connectivity index (χ3n) is 3.62. The Morgan fingerprint density at radius 3 is 2.50 bits per heavy atom. The summed E-state index contributed by atoms with van der Waals surface area (Å²) in [6.07, 6.45) is 1.02. The molecule has 2 N–H and O–H groups in total. The van der Waals surface area contributed by atoms with Gasteiger partial charge in [-0.1, -0.05) is 50.2 Å². The van der Waals surface area contributed by atoms with E-state index in [4.69, 9.17) is 17.0 Å². The van der Waals surface area contributed by atoms with E-state index in [-0.39, 0.29) is 6.04 Å². The molecule has 0 saturated carbocycles. The van der Waals surface area contributed by atoms with Gasteiger partial charge in [-0.25, -0.2) is 0 Å². The number of thiocarbonyl (C=S) groups is 1. The SMILES string of the molecule is CCOc1cccc(NC(=S)N[C@@H](CC(C)C)c2ccccc2)c1. The van der Waals surface area contributed by atoms with Crippen molar-refractivity contribution in [2.75, 3.05) is 11.9 Å². The van der Waals surface area contributed by atoms with Crippen molar-refractivity contribution < 1.29 is 4.74 Å². The lowest BCUT2D eigenvalue weighted by molar-refractivity contribution is 0.340. The van der Waals surface area contributed by atoms with Crippen LogP contribution in [0.4, 0.5) is 5.69 Å². The van der Waals surface area contributed by atoms with E-state index in [2.05, 4.69) is 48.7 Å². The van der Waals surface area contributed by atoms with E-state index in [0.717, 1.165) is 17.9 Å². The van der Waals surface area contributed by atoms with Crippen LogP contribution in [0.3, 0.4) is 0 Å². The van der Waals surface area contributed by atoms with Crippen molar-refractivity contribution >= 4 is 23.0 Å². The molecule has 0 aliphatic rings. The number of anilines is 1. The Morgan fingerprint density at radius 2 is 1.83 bits per heavy atom. The summed E-state index contributed by atoms with van der Waals surface area (Å²) in [6.45, 7) is 7.07. The molecule has 0 bridgehead atoms. The number of rotatable bonds is 7. The maximum Gasteiger partial charge on any atom is 0.171 e. The predicted octanol–water partition coefficient (Wildman–Crippen LogP) is 5.16. The van der Waals surface area contributed by atoms with Gasteiger partial charge < -0.3 is 15.4 Å². The second-order valence-corrected chi connectivity index (χ2v) is 6.56. The first-order valence-electron chi connectivity index (χ1n) is 8.43. The van der Waals surface area contributed by atoms with Gasteiger partial charge in [0.2, 0.25) is 0 Å². The molecule has 0 spiro atoms. The maximum absolute atomic E-state index is 5.53. The van der Waals surface area contributed by atoms with Crippen molar-refractivity contribution in [3.63, 3.8) is 0 Å². The van der Waals surface area contributed by atoms with Gasteiger partial charge in [0, 0.05) is 11.8 Å². The number of hydrogen-bond donors (Lipinski definition) is 2. The van der Waals surface area contributed by atoms with Crippen molar-refractivity contribution in [3.8, 4) is 5.75 Å². The standard InChI is InChI=1S/C20H26N2OS/c1-4-23-18-12-8-11-17(14-18)21-20(24)22-19(13-15(2)3)16-9-6-5-7-10-16/h5-12,14-15,19H,4,13H2,1-3H3,(H2,21,22,24)/t19-/m0/s1. The highest BCUT2D eigenvalue weighted by Gasteiger charge is 2.14. The molecule has 0 aliphatic carbocycles. The zero-order chi connectivity index (χ0) is 17.4. The quantitative estimate of drug-likeness (QED) is 0.681. The van der Waals surface area contributed by atoms with Gasteiger partial charge in [0.1, 0.15) is 5.75 Å². The Bertz CT molecular complexity index is 643.